The minimum Gasteiger partial charge on any atom is -0.456 e. The molecule has 12 aromatic rings. The molecule has 0 fully saturated rings. The molecule has 266 valence electrons. The highest BCUT2D eigenvalue weighted by molar-refractivity contribution is 6.13. The number of hydrogen-bond acceptors (Lipinski definition) is 5. The van der Waals surface area contributed by atoms with Crippen LogP contribution in [-0.4, -0.2) is 19.5 Å². The molecular formula is C51H30N4O2. The minimum atomic E-state index is 0.564. The van der Waals surface area contributed by atoms with Gasteiger partial charge < -0.3 is 13.4 Å². The van der Waals surface area contributed by atoms with Gasteiger partial charge in [0.15, 0.2) is 17.5 Å². The van der Waals surface area contributed by atoms with Crippen LogP contribution in [0.1, 0.15) is 0 Å². The summed E-state index contributed by atoms with van der Waals surface area (Å²) in [4.78, 5) is 14.9. The fourth-order valence-corrected chi connectivity index (χ4v) is 8.37. The van der Waals surface area contributed by atoms with Crippen molar-refractivity contribution in [2.75, 3.05) is 0 Å². The fraction of sp³-hybridized carbons (Fsp3) is 0. The van der Waals surface area contributed by atoms with Crippen LogP contribution >= 0.6 is 0 Å². The Morgan fingerprint density at radius 3 is 1.68 bits per heavy atom. The van der Waals surface area contributed by atoms with Crippen molar-refractivity contribution < 1.29 is 8.83 Å². The molecule has 0 N–H and O–H groups in total. The van der Waals surface area contributed by atoms with Crippen LogP contribution in [0.15, 0.2) is 191 Å². The van der Waals surface area contributed by atoms with E-state index in [4.69, 9.17) is 23.8 Å². The van der Waals surface area contributed by atoms with Crippen LogP contribution in [0.2, 0.25) is 0 Å². The molecule has 0 saturated carbocycles. The summed E-state index contributed by atoms with van der Waals surface area (Å²) in [5.41, 5.74) is 11.6. The molecule has 6 nitrogen and oxygen atoms in total. The van der Waals surface area contributed by atoms with E-state index in [1.165, 1.54) is 10.8 Å². The topological polar surface area (TPSA) is 69.9 Å². The zero-order chi connectivity index (χ0) is 37.5. The molecule has 0 radical (unpaired) electrons. The Kier molecular flexibility index (Phi) is 6.83. The minimum absolute atomic E-state index is 0.564. The van der Waals surface area contributed by atoms with Gasteiger partial charge in [-0.15, -0.1) is 0 Å². The Hall–Kier alpha value is -7.83. The zero-order valence-electron chi connectivity index (χ0n) is 30.4. The van der Waals surface area contributed by atoms with Gasteiger partial charge in [-0.3, -0.25) is 0 Å². The number of hydrogen-bond donors (Lipinski definition) is 0. The van der Waals surface area contributed by atoms with E-state index in [1.54, 1.807) is 0 Å². The number of furan rings is 2. The van der Waals surface area contributed by atoms with Crippen molar-refractivity contribution in [2.45, 2.75) is 0 Å². The average Bonchev–Trinajstić information content (AvgIpc) is 3.95. The number of aromatic nitrogens is 4. The second-order valence-electron chi connectivity index (χ2n) is 14.4. The third kappa shape index (κ3) is 5.01. The lowest BCUT2D eigenvalue weighted by atomic mass is 10.00. The van der Waals surface area contributed by atoms with Crippen LogP contribution in [0.25, 0.3) is 117 Å². The average molecular weight is 731 g/mol. The van der Waals surface area contributed by atoms with Crippen molar-refractivity contribution in [3.05, 3.63) is 182 Å². The SMILES string of the molecule is c1ccc(-c2nc(-c3ccccc3)nc(-c3cccc4c3oc3ccc(-c5ccc6c(c5)c5ccccc5n6-c5ccc6oc7ccccc7c6c5)cc34)n2)cc1. The molecule has 57 heavy (non-hydrogen) atoms. The Morgan fingerprint density at radius 1 is 0.333 bits per heavy atom. The summed E-state index contributed by atoms with van der Waals surface area (Å²) in [5, 5.41) is 6.67. The van der Waals surface area contributed by atoms with Crippen LogP contribution < -0.4 is 0 Å². The summed E-state index contributed by atoms with van der Waals surface area (Å²) < 4.78 is 15.2. The zero-order valence-corrected chi connectivity index (χ0v) is 30.4. The number of rotatable bonds is 5. The van der Waals surface area contributed by atoms with Gasteiger partial charge in [-0.1, -0.05) is 121 Å². The van der Waals surface area contributed by atoms with E-state index in [1.807, 2.05) is 78.9 Å². The maximum Gasteiger partial charge on any atom is 0.167 e. The molecule has 0 bridgehead atoms. The van der Waals surface area contributed by atoms with E-state index >= 15 is 0 Å². The van der Waals surface area contributed by atoms with E-state index in [9.17, 15) is 0 Å². The third-order valence-electron chi connectivity index (χ3n) is 11.1. The van der Waals surface area contributed by atoms with Gasteiger partial charge in [0.1, 0.15) is 22.3 Å². The number of benzene rings is 8. The lowest BCUT2D eigenvalue weighted by Gasteiger charge is -2.09. The van der Waals surface area contributed by atoms with Crippen LogP contribution in [0.4, 0.5) is 0 Å². The first-order valence-corrected chi connectivity index (χ1v) is 19.0. The van der Waals surface area contributed by atoms with Gasteiger partial charge in [-0.05, 0) is 71.8 Å². The molecule has 8 aromatic carbocycles. The molecule has 4 aromatic heterocycles. The molecule has 0 aliphatic rings. The van der Waals surface area contributed by atoms with Crippen molar-refractivity contribution in [1.29, 1.82) is 0 Å². The second-order valence-corrected chi connectivity index (χ2v) is 14.4. The maximum absolute atomic E-state index is 6.64. The Morgan fingerprint density at radius 2 is 0.895 bits per heavy atom. The fourth-order valence-electron chi connectivity index (χ4n) is 8.37. The van der Waals surface area contributed by atoms with Gasteiger partial charge >= 0.3 is 0 Å². The lowest BCUT2D eigenvalue weighted by molar-refractivity contribution is 0.668. The predicted octanol–water partition coefficient (Wildman–Crippen LogP) is 13.4. The first-order valence-electron chi connectivity index (χ1n) is 19.0. The van der Waals surface area contributed by atoms with Gasteiger partial charge in [-0.2, -0.15) is 0 Å². The summed E-state index contributed by atoms with van der Waals surface area (Å²) in [6.45, 7) is 0. The molecule has 0 aliphatic carbocycles. The van der Waals surface area contributed by atoms with Crippen molar-refractivity contribution in [3.63, 3.8) is 0 Å². The molecule has 12 rings (SSSR count). The number of nitrogens with zero attached hydrogens (tertiary/aromatic N) is 4. The third-order valence-corrected chi connectivity index (χ3v) is 11.1. The summed E-state index contributed by atoms with van der Waals surface area (Å²) in [5.74, 6) is 1.79. The molecule has 0 spiro atoms. The van der Waals surface area contributed by atoms with Crippen LogP contribution in [0, 0.1) is 0 Å². The Labute approximate surface area is 325 Å². The number of fused-ring (bicyclic) bond motifs is 9. The van der Waals surface area contributed by atoms with Crippen molar-refractivity contribution >= 4 is 65.7 Å². The Balaban J connectivity index is 0.991. The van der Waals surface area contributed by atoms with E-state index < -0.39 is 0 Å². The quantitative estimate of drug-likeness (QED) is 0.176. The molecule has 0 amide bonds. The molecule has 0 atom stereocenters. The molecule has 0 saturated heterocycles. The lowest BCUT2D eigenvalue weighted by Crippen LogP contribution is -2.00. The highest BCUT2D eigenvalue weighted by atomic mass is 16.3. The summed E-state index contributed by atoms with van der Waals surface area (Å²) >= 11 is 0. The summed E-state index contributed by atoms with van der Waals surface area (Å²) in [6, 6.07) is 62.8. The standard InChI is InChI=1S/C51H30N4O2/c1-3-12-31(13-4-1)49-52-50(32-14-5-2-6-15-32)54-51(53-49)39-19-11-18-38-41-29-34(23-26-47(41)57-48(38)39)33-22-25-44-40(28-33)36-16-7-9-20-43(36)55(44)35-24-27-46-42(30-35)37-17-8-10-21-45(37)56-46/h1-30H. The van der Waals surface area contributed by atoms with Crippen LogP contribution in [0.3, 0.4) is 0 Å². The van der Waals surface area contributed by atoms with E-state index in [0.29, 0.717) is 17.5 Å². The van der Waals surface area contributed by atoms with Gasteiger partial charge in [-0.25, -0.2) is 15.0 Å². The second kappa shape index (κ2) is 12.3. The predicted molar refractivity (Wildman–Crippen MR) is 230 cm³/mol. The molecule has 6 heteroatoms. The largest absolute Gasteiger partial charge is 0.456 e. The van der Waals surface area contributed by atoms with Crippen molar-refractivity contribution in [1.82, 2.24) is 19.5 Å². The van der Waals surface area contributed by atoms with Crippen LogP contribution in [0.5, 0.6) is 0 Å². The summed E-state index contributed by atoms with van der Waals surface area (Å²) in [7, 11) is 0. The molecule has 4 heterocycles. The van der Waals surface area contributed by atoms with Gasteiger partial charge in [0, 0.05) is 49.1 Å². The van der Waals surface area contributed by atoms with Crippen molar-refractivity contribution in [3.8, 4) is 51.0 Å². The normalized spacial score (nSPS) is 11.9. The van der Waals surface area contributed by atoms with Gasteiger partial charge in [0.2, 0.25) is 0 Å². The van der Waals surface area contributed by atoms with Gasteiger partial charge in [0.25, 0.3) is 0 Å². The first kappa shape index (κ1) is 31.5. The van der Waals surface area contributed by atoms with E-state index in [0.717, 1.165) is 88.4 Å². The van der Waals surface area contributed by atoms with Crippen molar-refractivity contribution in [2.24, 2.45) is 0 Å². The molecule has 0 aliphatic heterocycles. The molecular weight excluding hydrogens is 701 g/mol. The monoisotopic (exact) mass is 730 g/mol. The summed E-state index contributed by atoms with van der Waals surface area (Å²) in [6.07, 6.45) is 0. The molecule has 0 unspecified atom stereocenters. The maximum atomic E-state index is 6.64. The first-order chi connectivity index (χ1) is 28.2. The highest BCUT2D eigenvalue weighted by Crippen LogP contribution is 2.40. The van der Waals surface area contributed by atoms with E-state index in [-0.39, 0.29) is 0 Å². The smallest absolute Gasteiger partial charge is 0.167 e. The van der Waals surface area contributed by atoms with E-state index in [2.05, 4.69) is 108 Å². The number of para-hydroxylation sites is 3. The van der Waals surface area contributed by atoms with Gasteiger partial charge in [0.05, 0.1) is 16.6 Å². The van der Waals surface area contributed by atoms with Crippen LogP contribution in [-0.2, 0) is 0 Å². The Bertz CT molecular complexity index is 3470. The highest BCUT2D eigenvalue weighted by Gasteiger charge is 2.19.